The molecule has 0 bridgehead atoms. The van der Waals surface area contributed by atoms with Crippen LogP contribution in [0.15, 0.2) is 42.5 Å². The van der Waals surface area contributed by atoms with E-state index in [1.54, 1.807) is 17.0 Å². The first-order valence-electron chi connectivity index (χ1n) is 10.9. The molecule has 0 unspecified atom stereocenters. The first kappa shape index (κ1) is 21.9. The van der Waals surface area contributed by atoms with Gasteiger partial charge in [-0.15, -0.1) is 0 Å². The van der Waals surface area contributed by atoms with E-state index in [4.69, 9.17) is 14.5 Å². The van der Waals surface area contributed by atoms with Gasteiger partial charge in [0.2, 0.25) is 0 Å². The van der Waals surface area contributed by atoms with Crippen molar-refractivity contribution in [1.29, 1.82) is 0 Å². The number of aromatic nitrogens is 1. The number of anilines is 2. The highest BCUT2D eigenvalue weighted by atomic mass is 16.6. The van der Waals surface area contributed by atoms with E-state index >= 15 is 0 Å². The van der Waals surface area contributed by atoms with E-state index in [0.717, 1.165) is 17.8 Å². The number of para-hydroxylation sites is 1. The molecule has 2 amide bonds. The Hall–Kier alpha value is -3.29. The lowest BCUT2D eigenvalue weighted by Crippen LogP contribution is -2.58. The Morgan fingerprint density at radius 2 is 1.88 bits per heavy atom. The number of rotatable bonds is 3. The number of nitrogens with zero attached hydrogens (tertiary/aromatic N) is 3. The molecule has 2 aliphatic heterocycles. The summed E-state index contributed by atoms with van der Waals surface area (Å²) >= 11 is 0. The predicted octanol–water partition coefficient (Wildman–Crippen LogP) is 4.20. The lowest BCUT2D eigenvalue weighted by molar-refractivity contribution is 0.0191. The topological polar surface area (TPSA) is 84.0 Å². The zero-order valence-corrected chi connectivity index (χ0v) is 19.0. The smallest absolute Gasteiger partial charge is 0.412 e. The summed E-state index contributed by atoms with van der Waals surface area (Å²) in [5.41, 5.74) is 2.00. The van der Waals surface area contributed by atoms with Crippen LogP contribution < -0.4 is 10.2 Å². The van der Waals surface area contributed by atoms with Gasteiger partial charge in [-0.2, -0.15) is 0 Å². The third kappa shape index (κ3) is 4.95. The van der Waals surface area contributed by atoms with Crippen LogP contribution in [0.4, 0.5) is 21.1 Å². The molecule has 32 heavy (non-hydrogen) atoms. The number of hydrogen-bond acceptors (Lipinski definition) is 6. The fourth-order valence-electron chi connectivity index (χ4n) is 4.25. The Kier molecular flexibility index (Phi) is 5.95. The van der Waals surface area contributed by atoms with Gasteiger partial charge < -0.3 is 19.3 Å². The molecule has 8 nitrogen and oxygen atoms in total. The first-order valence-corrected chi connectivity index (χ1v) is 10.9. The van der Waals surface area contributed by atoms with E-state index in [9.17, 15) is 9.59 Å². The quantitative estimate of drug-likeness (QED) is 0.773. The molecule has 2 aliphatic rings. The summed E-state index contributed by atoms with van der Waals surface area (Å²) in [6, 6.07) is 13.4. The van der Waals surface area contributed by atoms with Crippen LogP contribution in [0.3, 0.4) is 0 Å². The van der Waals surface area contributed by atoms with Crippen LogP contribution in [0, 0.1) is 0 Å². The molecule has 8 heteroatoms. The van der Waals surface area contributed by atoms with Crippen molar-refractivity contribution < 1.29 is 19.1 Å². The molecule has 1 N–H and O–H groups in total. The Labute approximate surface area is 188 Å². The largest absolute Gasteiger partial charge is 0.444 e. The van der Waals surface area contributed by atoms with Crippen LogP contribution >= 0.6 is 0 Å². The van der Waals surface area contributed by atoms with Gasteiger partial charge in [0.05, 0.1) is 11.7 Å². The molecule has 1 fully saturated rings. The number of benzene rings is 1. The number of carbonyl (C=O) groups is 2. The van der Waals surface area contributed by atoms with Crippen molar-refractivity contribution in [2.24, 2.45) is 0 Å². The first-order chi connectivity index (χ1) is 15.2. The number of piperazine rings is 1. The summed E-state index contributed by atoms with van der Waals surface area (Å²) in [5, 5.41) is 2.70. The molecule has 170 valence electrons. The fourth-order valence-corrected chi connectivity index (χ4v) is 4.25. The van der Waals surface area contributed by atoms with Crippen LogP contribution in [0.25, 0.3) is 0 Å². The standard InChI is InChI=1S/C24H30N4O4/c1-16-13-27(23(30)32-24(2,3)4)14-20-12-17-10-11-19(25-21(17)28(16)20)15-31-22(29)26-18-8-6-5-7-9-18/h5-11,16,20H,12-15H2,1-4H3,(H,26,29)/t16-,20-/m1/s1. The Morgan fingerprint density at radius 1 is 1.12 bits per heavy atom. The van der Waals surface area contributed by atoms with Gasteiger partial charge in [0.1, 0.15) is 18.0 Å². The number of ether oxygens (including phenoxy) is 2. The van der Waals surface area contributed by atoms with Crippen LogP contribution in [0.2, 0.25) is 0 Å². The highest BCUT2D eigenvalue weighted by Crippen LogP contribution is 2.35. The monoisotopic (exact) mass is 438 g/mol. The van der Waals surface area contributed by atoms with Gasteiger partial charge in [-0.3, -0.25) is 5.32 Å². The highest BCUT2D eigenvalue weighted by molar-refractivity contribution is 5.84. The summed E-state index contributed by atoms with van der Waals surface area (Å²) in [4.78, 5) is 33.5. The van der Waals surface area contributed by atoms with Gasteiger partial charge in [0, 0.05) is 24.8 Å². The highest BCUT2D eigenvalue weighted by Gasteiger charge is 2.41. The van der Waals surface area contributed by atoms with E-state index in [0.29, 0.717) is 24.5 Å². The summed E-state index contributed by atoms with van der Waals surface area (Å²) in [6.45, 7) is 8.99. The normalized spacial score (nSPS) is 19.8. The third-order valence-corrected chi connectivity index (χ3v) is 5.52. The second-order valence-electron chi connectivity index (χ2n) is 9.35. The number of carbonyl (C=O) groups excluding carboxylic acids is 2. The Balaban J connectivity index is 1.39. The van der Waals surface area contributed by atoms with Crippen molar-refractivity contribution in [2.75, 3.05) is 23.3 Å². The number of nitrogens with one attached hydrogen (secondary N) is 1. The SMILES string of the molecule is C[C@@H]1CN(C(=O)OC(C)(C)C)C[C@H]2Cc3ccc(COC(=O)Nc4ccccc4)nc3N21. The van der Waals surface area contributed by atoms with Gasteiger partial charge in [-0.25, -0.2) is 14.6 Å². The van der Waals surface area contributed by atoms with Gasteiger partial charge in [0.15, 0.2) is 0 Å². The van der Waals surface area contributed by atoms with Gasteiger partial charge in [0.25, 0.3) is 0 Å². The van der Waals surface area contributed by atoms with Gasteiger partial charge in [-0.05, 0) is 57.9 Å². The molecule has 1 aromatic carbocycles. The number of amides is 2. The van der Waals surface area contributed by atoms with Crippen LogP contribution in [0.1, 0.15) is 39.0 Å². The molecule has 0 saturated carbocycles. The average molecular weight is 439 g/mol. The molecule has 3 heterocycles. The third-order valence-electron chi connectivity index (χ3n) is 5.52. The summed E-state index contributed by atoms with van der Waals surface area (Å²) in [6.07, 6.45) is 0.0314. The Morgan fingerprint density at radius 3 is 2.59 bits per heavy atom. The molecule has 0 spiro atoms. The van der Waals surface area contributed by atoms with E-state index in [1.165, 1.54) is 0 Å². The molecule has 0 aliphatic carbocycles. The van der Waals surface area contributed by atoms with Gasteiger partial charge in [-0.1, -0.05) is 24.3 Å². The van der Waals surface area contributed by atoms with Crippen molar-refractivity contribution in [2.45, 2.75) is 58.4 Å². The number of fused-ring (bicyclic) bond motifs is 3. The lowest BCUT2D eigenvalue weighted by Gasteiger charge is -2.43. The maximum atomic E-state index is 12.6. The maximum Gasteiger partial charge on any atom is 0.412 e. The number of pyridine rings is 1. The molecule has 1 saturated heterocycles. The molecule has 2 atom stereocenters. The van der Waals surface area contributed by atoms with Crippen molar-refractivity contribution in [3.05, 3.63) is 53.7 Å². The fraction of sp³-hybridized carbons (Fsp3) is 0.458. The van der Waals surface area contributed by atoms with Crippen LogP contribution in [0.5, 0.6) is 0 Å². The van der Waals surface area contributed by atoms with Crippen molar-refractivity contribution in [1.82, 2.24) is 9.88 Å². The second-order valence-corrected chi connectivity index (χ2v) is 9.35. The van der Waals surface area contributed by atoms with E-state index in [1.807, 2.05) is 51.1 Å². The van der Waals surface area contributed by atoms with Crippen molar-refractivity contribution in [3.8, 4) is 0 Å². The van der Waals surface area contributed by atoms with Crippen LogP contribution in [-0.4, -0.2) is 52.8 Å². The van der Waals surface area contributed by atoms with E-state index < -0.39 is 11.7 Å². The average Bonchev–Trinajstić information content (AvgIpc) is 3.10. The summed E-state index contributed by atoms with van der Waals surface area (Å²) < 4.78 is 10.9. The van der Waals surface area contributed by atoms with E-state index in [-0.39, 0.29) is 24.8 Å². The van der Waals surface area contributed by atoms with Crippen molar-refractivity contribution >= 4 is 23.7 Å². The molecule has 0 radical (unpaired) electrons. The lowest BCUT2D eigenvalue weighted by atomic mass is 10.1. The summed E-state index contributed by atoms with van der Waals surface area (Å²) in [5.74, 6) is 0.913. The zero-order valence-electron chi connectivity index (χ0n) is 19.0. The molecule has 2 aromatic rings. The van der Waals surface area contributed by atoms with E-state index in [2.05, 4.69) is 17.1 Å². The molecular formula is C24H30N4O4. The predicted molar refractivity (Wildman–Crippen MR) is 122 cm³/mol. The number of hydrogen-bond donors (Lipinski definition) is 1. The second kappa shape index (κ2) is 8.68. The summed E-state index contributed by atoms with van der Waals surface area (Å²) in [7, 11) is 0. The van der Waals surface area contributed by atoms with Crippen molar-refractivity contribution in [3.63, 3.8) is 0 Å². The minimum atomic E-state index is -0.518. The minimum absolute atomic E-state index is 0.0862. The van der Waals surface area contributed by atoms with Gasteiger partial charge >= 0.3 is 12.2 Å². The Bertz CT molecular complexity index is 989. The maximum absolute atomic E-state index is 12.6. The molecular weight excluding hydrogens is 408 g/mol. The van der Waals surface area contributed by atoms with Crippen LogP contribution in [-0.2, 0) is 22.5 Å². The molecule has 4 rings (SSSR count). The molecule has 1 aromatic heterocycles. The minimum Gasteiger partial charge on any atom is -0.444 e. The zero-order chi connectivity index (χ0) is 22.9.